The Labute approximate surface area is 364 Å². The minimum absolute atomic E-state index is 0.399. The molecule has 290 valence electrons. The van der Waals surface area contributed by atoms with Crippen LogP contribution in [0.2, 0.25) is 0 Å². The Morgan fingerprint density at radius 3 is 1.65 bits per heavy atom. The van der Waals surface area contributed by atoms with Crippen LogP contribution >= 0.6 is 0 Å². The van der Waals surface area contributed by atoms with Gasteiger partial charge in [0, 0.05) is 44.2 Å². The molecular weight excluding hydrogens is 771 g/mol. The number of nitriles is 2. The van der Waals surface area contributed by atoms with Gasteiger partial charge in [-0.2, -0.15) is 10.5 Å². The maximum atomic E-state index is 10.2. The first-order valence-electron chi connectivity index (χ1n) is 20.2. The predicted octanol–water partition coefficient (Wildman–Crippen LogP) is 14.4. The number of benzene rings is 8. The minimum Gasteiger partial charge on any atom is -0.308 e. The molecule has 10 aromatic rings. The summed E-state index contributed by atoms with van der Waals surface area (Å²) in [6, 6.07) is 65.9. The van der Waals surface area contributed by atoms with Gasteiger partial charge < -0.3 is 4.57 Å². The highest BCUT2D eigenvalue weighted by atomic mass is 15.0. The van der Waals surface area contributed by atoms with E-state index >= 15 is 0 Å². The monoisotopic (exact) mass is 801 g/mol. The number of hydrogen-bond donors (Lipinski definition) is 0. The van der Waals surface area contributed by atoms with Crippen molar-refractivity contribution in [2.45, 2.75) is 0 Å². The summed E-state index contributed by atoms with van der Waals surface area (Å²) in [6.45, 7) is 15.7. The minimum atomic E-state index is 0.399. The molecule has 0 bridgehead atoms. The lowest BCUT2D eigenvalue weighted by Crippen LogP contribution is -2.03. The molecule has 8 aromatic carbocycles. The fraction of sp³-hybridized carbons (Fsp3) is 0. The van der Waals surface area contributed by atoms with E-state index in [1.165, 1.54) is 0 Å². The Hall–Kier alpha value is -9.40. The highest BCUT2D eigenvalue weighted by molar-refractivity contribution is 6.12. The van der Waals surface area contributed by atoms with E-state index in [1.807, 2.05) is 133 Å². The number of para-hydroxylation sites is 1. The van der Waals surface area contributed by atoms with Crippen molar-refractivity contribution in [1.29, 1.82) is 10.5 Å². The zero-order valence-electron chi connectivity index (χ0n) is 33.5. The summed E-state index contributed by atoms with van der Waals surface area (Å²) in [5.41, 5.74) is 13.7. The van der Waals surface area contributed by atoms with Crippen molar-refractivity contribution in [3.05, 3.63) is 222 Å². The molecule has 0 aliphatic carbocycles. The molecule has 0 radical (unpaired) electrons. The first-order chi connectivity index (χ1) is 31.0. The average Bonchev–Trinajstić information content (AvgIpc) is 3.69. The highest BCUT2D eigenvalue weighted by Gasteiger charge is 2.24. The van der Waals surface area contributed by atoms with Crippen molar-refractivity contribution in [3.8, 4) is 85.1 Å². The molecule has 2 aromatic heterocycles. The Bertz CT molecular complexity index is 3450. The molecule has 0 unspecified atom stereocenters. The summed E-state index contributed by atoms with van der Waals surface area (Å²) in [6.07, 6.45) is 0. The van der Waals surface area contributed by atoms with Gasteiger partial charge in [-0.15, -0.1) is 0 Å². The summed E-state index contributed by atoms with van der Waals surface area (Å²) in [5.74, 6) is 0.521. The predicted molar refractivity (Wildman–Crippen MR) is 251 cm³/mol. The number of aromatic nitrogens is 3. The molecule has 0 atom stereocenters. The third-order valence-corrected chi connectivity index (χ3v) is 11.2. The average molecular weight is 802 g/mol. The molecule has 0 saturated heterocycles. The van der Waals surface area contributed by atoms with Gasteiger partial charge in [0.15, 0.2) is 17.2 Å². The second-order valence-corrected chi connectivity index (χ2v) is 15.0. The van der Waals surface area contributed by atoms with Crippen LogP contribution in [0.5, 0.6) is 0 Å². The topological polar surface area (TPSA) is 87.0 Å². The molecule has 2 heterocycles. The van der Waals surface area contributed by atoms with Crippen LogP contribution in [-0.2, 0) is 0 Å². The quantitative estimate of drug-likeness (QED) is 0.150. The summed E-state index contributed by atoms with van der Waals surface area (Å²) < 4.78 is 2.26. The maximum Gasteiger partial charge on any atom is 0.189 e. The zero-order chi connectivity index (χ0) is 42.9. The second-order valence-electron chi connectivity index (χ2n) is 15.0. The zero-order valence-corrected chi connectivity index (χ0v) is 33.5. The van der Waals surface area contributed by atoms with Gasteiger partial charge in [-0.3, -0.25) is 0 Å². The fourth-order valence-corrected chi connectivity index (χ4v) is 8.33. The van der Waals surface area contributed by atoms with Gasteiger partial charge in [0.2, 0.25) is 0 Å². The van der Waals surface area contributed by atoms with Crippen LogP contribution in [0, 0.1) is 35.8 Å². The molecule has 0 amide bonds. The number of hydrogen-bond acceptors (Lipinski definition) is 4. The first kappa shape index (κ1) is 37.8. The largest absolute Gasteiger partial charge is 0.308 e. The summed E-state index contributed by atoms with van der Waals surface area (Å²) >= 11 is 0. The molecule has 63 heavy (non-hydrogen) atoms. The van der Waals surface area contributed by atoms with Crippen LogP contribution < -0.4 is 0 Å². The number of fused-ring (bicyclic) bond motifs is 3. The van der Waals surface area contributed by atoms with Gasteiger partial charge >= 0.3 is 0 Å². The van der Waals surface area contributed by atoms with E-state index in [-0.39, 0.29) is 0 Å². The van der Waals surface area contributed by atoms with Crippen LogP contribution in [0.1, 0.15) is 11.1 Å². The summed E-state index contributed by atoms with van der Waals surface area (Å²) in [4.78, 5) is 17.9. The number of nitrogens with zero attached hydrogens (tertiary/aromatic N) is 7. The lowest BCUT2D eigenvalue weighted by atomic mass is 9.91. The van der Waals surface area contributed by atoms with Crippen molar-refractivity contribution < 1.29 is 0 Å². The Balaban J connectivity index is 1.32. The van der Waals surface area contributed by atoms with E-state index in [9.17, 15) is 10.5 Å². The second kappa shape index (κ2) is 16.0. The van der Waals surface area contributed by atoms with Crippen LogP contribution in [0.25, 0.3) is 104 Å². The van der Waals surface area contributed by atoms with Crippen molar-refractivity contribution >= 4 is 33.2 Å². The Morgan fingerprint density at radius 2 is 0.984 bits per heavy atom. The third-order valence-electron chi connectivity index (χ3n) is 11.2. The van der Waals surface area contributed by atoms with Gasteiger partial charge in [0.05, 0.1) is 59.0 Å². The van der Waals surface area contributed by atoms with Crippen molar-refractivity contribution in [3.63, 3.8) is 0 Å². The fourth-order valence-electron chi connectivity index (χ4n) is 8.33. The highest BCUT2D eigenvalue weighted by Crippen LogP contribution is 2.45. The maximum absolute atomic E-state index is 10.2. The van der Waals surface area contributed by atoms with E-state index in [1.54, 1.807) is 18.2 Å². The Kier molecular flexibility index (Phi) is 9.60. The number of rotatable bonds is 7. The van der Waals surface area contributed by atoms with Gasteiger partial charge in [0.1, 0.15) is 0 Å². The summed E-state index contributed by atoms with van der Waals surface area (Å²) in [7, 11) is 0. The van der Waals surface area contributed by atoms with E-state index < -0.39 is 0 Å². The van der Waals surface area contributed by atoms with E-state index in [0.29, 0.717) is 28.3 Å². The van der Waals surface area contributed by atoms with Gasteiger partial charge in [-0.25, -0.2) is 19.7 Å². The van der Waals surface area contributed by atoms with Crippen LogP contribution in [0.15, 0.2) is 188 Å². The standard InChI is InChI=1S/C56H31N7/c1-59-45-20-12-19-42(28-45)49-32-44(56-61-51(38-14-5-3-6-15-38)33-52(62-56)39-16-7-4-8-17-39)31-48(41-18-11-13-36(25-41)34-57)55(49)63-53-22-10-9-21-47(53)50-30-40(23-24-54(50)63)43-26-37(35-58)27-46(29-43)60-2/h3-33H. The van der Waals surface area contributed by atoms with Crippen LogP contribution in [0.4, 0.5) is 11.4 Å². The van der Waals surface area contributed by atoms with Gasteiger partial charge in [0.25, 0.3) is 0 Å². The first-order valence-corrected chi connectivity index (χ1v) is 20.2. The molecule has 7 heteroatoms. The van der Waals surface area contributed by atoms with Gasteiger partial charge in [-0.1, -0.05) is 115 Å². The Morgan fingerprint density at radius 1 is 0.413 bits per heavy atom. The normalized spacial score (nSPS) is 10.8. The van der Waals surface area contributed by atoms with E-state index in [0.717, 1.165) is 89.0 Å². The molecule has 0 spiro atoms. The smallest absolute Gasteiger partial charge is 0.189 e. The molecule has 0 N–H and O–H groups in total. The van der Waals surface area contributed by atoms with Crippen molar-refractivity contribution in [1.82, 2.24) is 14.5 Å². The van der Waals surface area contributed by atoms with E-state index in [4.69, 9.17) is 23.1 Å². The molecule has 10 rings (SSSR count). The third kappa shape index (κ3) is 7.01. The molecule has 0 saturated carbocycles. The lowest BCUT2D eigenvalue weighted by Gasteiger charge is -2.21. The SMILES string of the molecule is [C-]#[N+]c1cc(C#N)cc(-c2ccc3c(c2)c2ccccc2n3-c2c(-c3cccc(C#N)c3)cc(-c3nc(-c4ccccc4)cc(-c4ccccc4)n3)cc2-c2cccc([N+]#[C-])c2)c1. The van der Waals surface area contributed by atoms with E-state index in [2.05, 4.69) is 62.8 Å². The molecule has 0 aliphatic rings. The van der Waals surface area contributed by atoms with Gasteiger partial charge in [-0.05, 0) is 95.1 Å². The van der Waals surface area contributed by atoms with Crippen molar-refractivity contribution in [2.75, 3.05) is 0 Å². The summed E-state index contributed by atoms with van der Waals surface area (Å²) in [5, 5.41) is 22.0. The molecule has 7 nitrogen and oxygen atoms in total. The molecular formula is C56H31N7. The van der Waals surface area contributed by atoms with Crippen molar-refractivity contribution in [2.24, 2.45) is 0 Å². The molecule has 0 aliphatic heterocycles. The lowest BCUT2D eigenvalue weighted by molar-refractivity contribution is 1.17. The van der Waals surface area contributed by atoms with Crippen LogP contribution in [-0.4, -0.2) is 14.5 Å². The molecule has 0 fully saturated rings. The van der Waals surface area contributed by atoms with Crippen LogP contribution in [0.3, 0.4) is 0 Å².